The normalized spacial score (nSPS) is 11.8. The maximum Gasteiger partial charge on any atom is 0.322 e. The van der Waals surface area contributed by atoms with Gasteiger partial charge in [0.05, 0.1) is 35.4 Å². The van der Waals surface area contributed by atoms with Gasteiger partial charge in [-0.3, -0.25) is 9.36 Å². The number of unbranched alkanes of at least 4 members (excludes halogenated alkanes) is 3. The molecule has 0 saturated heterocycles. The number of methoxy groups -OCH3 is 1. The molecule has 0 saturated carbocycles. The summed E-state index contributed by atoms with van der Waals surface area (Å²) in [5.74, 6) is 1.11. The SMILES string of the molecule is CCCCCCN(C(=O)Nc1ccccc1OC)C(C)c1nc2ccccc2c(=O)n1-c1ccccc1C. The van der Waals surface area contributed by atoms with E-state index in [1.165, 1.54) is 0 Å². The second-order valence-electron chi connectivity index (χ2n) is 9.47. The van der Waals surface area contributed by atoms with Crippen molar-refractivity contribution in [3.05, 3.63) is 94.5 Å². The molecule has 0 radical (unpaired) electrons. The van der Waals surface area contributed by atoms with Gasteiger partial charge in [-0.25, -0.2) is 9.78 Å². The molecule has 1 N–H and O–H groups in total. The van der Waals surface area contributed by atoms with Crippen LogP contribution in [0.25, 0.3) is 16.6 Å². The molecule has 1 atom stereocenters. The van der Waals surface area contributed by atoms with Gasteiger partial charge in [0.1, 0.15) is 11.6 Å². The van der Waals surface area contributed by atoms with Gasteiger partial charge in [-0.1, -0.05) is 68.7 Å². The van der Waals surface area contributed by atoms with E-state index in [-0.39, 0.29) is 11.6 Å². The molecular weight excluding hydrogens is 476 g/mol. The van der Waals surface area contributed by atoms with E-state index in [0.717, 1.165) is 36.9 Å². The van der Waals surface area contributed by atoms with Gasteiger partial charge >= 0.3 is 6.03 Å². The number of fused-ring (bicyclic) bond motifs is 1. The number of para-hydroxylation sites is 4. The first-order valence-electron chi connectivity index (χ1n) is 13.2. The first-order valence-corrected chi connectivity index (χ1v) is 13.2. The number of rotatable bonds is 10. The van der Waals surface area contributed by atoms with Gasteiger partial charge < -0.3 is 15.0 Å². The summed E-state index contributed by atoms with van der Waals surface area (Å²) < 4.78 is 7.11. The third-order valence-electron chi connectivity index (χ3n) is 6.86. The Bertz CT molecular complexity index is 1460. The Balaban J connectivity index is 1.81. The van der Waals surface area contributed by atoms with Crippen LogP contribution in [-0.2, 0) is 0 Å². The zero-order valence-corrected chi connectivity index (χ0v) is 22.6. The number of aromatic nitrogens is 2. The number of aryl methyl sites for hydroxylation is 1. The average Bonchev–Trinajstić information content (AvgIpc) is 2.93. The van der Waals surface area contributed by atoms with Crippen LogP contribution in [0, 0.1) is 6.92 Å². The highest BCUT2D eigenvalue weighted by Crippen LogP contribution is 2.28. The maximum atomic E-state index is 13.9. The summed E-state index contributed by atoms with van der Waals surface area (Å²) in [6.07, 6.45) is 4.05. The largest absolute Gasteiger partial charge is 0.495 e. The molecule has 0 aliphatic rings. The second kappa shape index (κ2) is 12.4. The average molecular weight is 513 g/mol. The molecule has 38 heavy (non-hydrogen) atoms. The Morgan fingerprint density at radius 3 is 2.47 bits per heavy atom. The van der Waals surface area contributed by atoms with Gasteiger partial charge in [-0.2, -0.15) is 0 Å². The number of carbonyl (C=O) groups is 1. The van der Waals surface area contributed by atoms with E-state index in [1.54, 1.807) is 22.6 Å². The molecule has 3 aromatic carbocycles. The van der Waals surface area contributed by atoms with E-state index in [2.05, 4.69) is 12.2 Å². The summed E-state index contributed by atoms with van der Waals surface area (Å²) in [5.41, 5.74) is 2.76. The second-order valence-corrected chi connectivity index (χ2v) is 9.47. The number of hydrogen-bond donors (Lipinski definition) is 1. The summed E-state index contributed by atoms with van der Waals surface area (Å²) >= 11 is 0. The smallest absolute Gasteiger partial charge is 0.322 e. The van der Waals surface area contributed by atoms with Crippen molar-refractivity contribution in [2.24, 2.45) is 0 Å². The van der Waals surface area contributed by atoms with Crippen LogP contribution in [0.15, 0.2) is 77.6 Å². The zero-order valence-electron chi connectivity index (χ0n) is 22.6. The van der Waals surface area contributed by atoms with Gasteiger partial charge in [-0.15, -0.1) is 0 Å². The van der Waals surface area contributed by atoms with E-state index in [9.17, 15) is 9.59 Å². The Labute approximate surface area is 224 Å². The summed E-state index contributed by atoms with van der Waals surface area (Å²) in [4.78, 5) is 34.4. The Kier molecular flexibility index (Phi) is 8.79. The fourth-order valence-electron chi connectivity index (χ4n) is 4.73. The van der Waals surface area contributed by atoms with Gasteiger partial charge in [-0.05, 0) is 56.2 Å². The molecule has 0 fully saturated rings. The monoisotopic (exact) mass is 512 g/mol. The Morgan fingerprint density at radius 2 is 1.71 bits per heavy atom. The maximum absolute atomic E-state index is 13.9. The molecule has 1 unspecified atom stereocenters. The molecule has 0 aliphatic heterocycles. The minimum atomic E-state index is -0.483. The van der Waals surface area contributed by atoms with Crippen LogP contribution in [0.1, 0.15) is 57.0 Å². The number of amides is 2. The molecule has 7 nitrogen and oxygen atoms in total. The molecule has 7 heteroatoms. The van der Waals surface area contributed by atoms with Gasteiger partial charge in [0.25, 0.3) is 5.56 Å². The highest BCUT2D eigenvalue weighted by molar-refractivity contribution is 5.91. The van der Waals surface area contributed by atoms with Gasteiger partial charge in [0.2, 0.25) is 0 Å². The van der Waals surface area contributed by atoms with E-state index >= 15 is 0 Å². The summed E-state index contributed by atoms with van der Waals surface area (Å²) in [6.45, 7) is 6.60. The van der Waals surface area contributed by atoms with Crippen molar-refractivity contribution >= 4 is 22.6 Å². The third-order valence-corrected chi connectivity index (χ3v) is 6.86. The molecule has 1 heterocycles. The van der Waals surface area contributed by atoms with Gasteiger partial charge in [0.15, 0.2) is 0 Å². The quantitative estimate of drug-likeness (QED) is 0.235. The van der Waals surface area contributed by atoms with Crippen molar-refractivity contribution in [2.75, 3.05) is 19.0 Å². The number of anilines is 1. The molecular formula is C31H36N4O3. The molecule has 2 amide bonds. The van der Waals surface area contributed by atoms with Crippen LogP contribution in [0.4, 0.5) is 10.5 Å². The number of hydrogen-bond acceptors (Lipinski definition) is 4. The summed E-state index contributed by atoms with van der Waals surface area (Å²) in [6, 6.07) is 21.7. The van der Waals surface area contributed by atoms with Crippen molar-refractivity contribution in [3.8, 4) is 11.4 Å². The highest BCUT2D eigenvalue weighted by Gasteiger charge is 2.27. The number of urea groups is 1. The molecule has 1 aromatic heterocycles. The van der Waals surface area contributed by atoms with Gasteiger partial charge in [0, 0.05) is 6.54 Å². The topological polar surface area (TPSA) is 76.5 Å². The van der Waals surface area contributed by atoms with E-state index in [4.69, 9.17) is 9.72 Å². The Hall–Kier alpha value is -4.13. The predicted molar refractivity (Wildman–Crippen MR) is 153 cm³/mol. The molecule has 0 aliphatic carbocycles. The van der Waals surface area contributed by atoms with Crippen molar-refractivity contribution in [3.63, 3.8) is 0 Å². The fraction of sp³-hybridized carbons (Fsp3) is 0.323. The lowest BCUT2D eigenvalue weighted by atomic mass is 10.1. The minimum Gasteiger partial charge on any atom is -0.495 e. The molecule has 4 aromatic rings. The number of carbonyl (C=O) groups excluding carboxylic acids is 1. The molecule has 0 bridgehead atoms. The Morgan fingerprint density at radius 1 is 1.00 bits per heavy atom. The fourth-order valence-corrected chi connectivity index (χ4v) is 4.73. The number of nitrogens with one attached hydrogen (secondary N) is 1. The molecule has 4 rings (SSSR count). The van der Waals surface area contributed by atoms with Crippen molar-refractivity contribution < 1.29 is 9.53 Å². The lowest BCUT2D eigenvalue weighted by Crippen LogP contribution is -2.40. The van der Waals surface area contributed by atoms with Crippen LogP contribution >= 0.6 is 0 Å². The van der Waals surface area contributed by atoms with Crippen molar-refractivity contribution in [1.29, 1.82) is 0 Å². The summed E-state index contributed by atoms with van der Waals surface area (Å²) in [7, 11) is 1.58. The number of nitrogens with zero attached hydrogens (tertiary/aromatic N) is 3. The lowest BCUT2D eigenvalue weighted by molar-refractivity contribution is 0.187. The van der Waals surface area contributed by atoms with Crippen LogP contribution in [0.2, 0.25) is 0 Å². The number of ether oxygens (including phenoxy) is 1. The lowest BCUT2D eigenvalue weighted by Gasteiger charge is -2.31. The standard InChI is InChI=1S/C31H36N4O3/c1-5-6-7-14-21-34(31(37)33-26-18-11-13-20-28(26)38-4)23(3)29-32-25-17-10-9-16-24(25)30(36)35(29)27-19-12-8-15-22(27)2/h8-13,15-20,23H,5-7,14,21H2,1-4H3,(H,33,37). The van der Waals surface area contributed by atoms with E-state index in [1.807, 2.05) is 80.6 Å². The molecule has 198 valence electrons. The third kappa shape index (κ3) is 5.72. The van der Waals surface area contributed by atoms with Crippen LogP contribution in [0.5, 0.6) is 5.75 Å². The number of benzene rings is 3. The van der Waals surface area contributed by atoms with Crippen LogP contribution in [0.3, 0.4) is 0 Å². The van der Waals surface area contributed by atoms with Crippen molar-refractivity contribution in [2.45, 2.75) is 52.5 Å². The zero-order chi connectivity index (χ0) is 27.1. The first kappa shape index (κ1) is 26.9. The predicted octanol–water partition coefficient (Wildman–Crippen LogP) is 6.88. The van der Waals surface area contributed by atoms with Crippen molar-refractivity contribution in [1.82, 2.24) is 14.5 Å². The highest BCUT2D eigenvalue weighted by atomic mass is 16.5. The summed E-state index contributed by atoms with van der Waals surface area (Å²) in [5, 5.41) is 3.56. The minimum absolute atomic E-state index is 0.150. The molecule has 0 spiro atoms. The van der Waals surface area contributed by atoms with E-state index < -0.39 is 6.04 Å². The van der Waals surface area contributed by atoms with E-state index in [0.29, 0.717) is 34.7 Å². The van der Waals surface area contributed by atoms with Crippen LogP contribution < -0.4 is 15.6 Å². The van der Waals surface area contributed by atoms with Crippen LogP contribution in [-0.4, -0.2) is 34.1 Å². The first-order chi connectivity index (χ1) is 18.5.